The van der Waals surface area contributed by atoms with Crippen LogP contribution in [0, 0.1) is 11.2 Å². The number of halogens is 1. The third-order valence-electron chi connectivity index (χ3n) is 6.01. The number of Topliss-reactive ketones (excluding diaryl/α,β-unsaturated/α-hetero) is 1. The number of carbonyl (C=O) groups is 2. The van der Waals surface area contributed by atoms with E-state index in [0.717, 1.165) is 0 Å². The summed E-state index contributed by atoms with van der Waals surface area (Å²) in [4.78, 5) is 30.6. The van der Waals surface area contributed by atoms with Gasteiger partial charge in [-0.1, -0.05) is 6.92 Å². The van der Waals surface area contributed by atoms with Crippen LogP contribution in [0.1, 0.15) is 35.7 Å². The van der Waals surface area contributed by atoms with Gasteiger partial charge in [-0.15, -0.1) is 0 Å². The molecule has 0 spiro atoms. The van der Waals surface area contributed by atoms with Crippen molar-refractivity contribution in [1.29, 1.82) is 0 Å². The maximum Gasteiger partial charge on any atom is 0.268 e. The minimum atomic E-state index is -0.688. The van der Waals surface area contributed by atoms with Gasteiger partial charge in [-0.05, 0) is 30.2 Å². The van der Waals surface area contributed by atoms with Crippen molar-refractivity contribution < 1.29 is 28.2 Å². The molecular weight excluding hydrogens is 403 g/mol. The Morgan fingerprint density at radius 2 is 2.10 bits per heavy atom. The molecule has 0 saturated carbocycles. The zero-order valence-electron chi connectivity index (χ0n) is 17.2. The summed E-state index contributed by atoms with van der Waals surface area (Å²) in [5, 5.41) is 0. The first kappa shape index (κ1) is 19.9. The maximum absolute atomic E-state index is 14.4. The quantitative estimate of drug-likeness (QED) is 0.707. The highest BCUT2D eigenvalue weighted by atomic mass is 19.1. The number of fused-ring (bicyclic) bond motifs is 1. The molecule has 7 nitrogen and oxygen atoms in total. The Hall–Kier alpha value is -3.00. The van der Waals surface area contributed by atoms with Gasteiger partial charge in [0.1, 0.15) is 11.6 Å². The monoisotopic (exact) mass is 426 g/mol. The lowest BCUT2D eigenvalue weighted by atomic mass is 9.90. The largest absolute Gasteiger partial charge is 0.479 e. The average molecular weight is 426 g/mol. The van der Waals surface area contributed by atoms with Crippen molar-refractivity contribution in [2.75, 3.05) is 31.3 Å². The van der Waals surface area contributed by atoms with Crippen LogP contribution >= 0.6 is 0 Å². The summed E-state index contributed by atoms with van der Waals surface area (Å²) in [5.74, 6) is 0.169. The van der Waals surface area contributed by atoms with E-state index in [1.165, 1.54) is 17.2 Å². The van der Waals surface area contributed by atoms with Crippen LogP contribution in [-0.4, -0.2) is 49.1 Å². The normalized spacial score (nSPS) is 21.7. The van der Waals surface area contributed by atoms with Gasteiger partial charge in [-0.25, -0.2) is 9.37 Å². The van der Waals surface area contributed by atoms with Crippen molar-refractivity contribution in [3.05, 3.63) is 47.4 Å². The number of rotatable bonds is 6. The van der Waals surface area contributed by atoms with Crippen LogP contribution in [0.3, 0.4) is 0 Å². The molecule has 3 heterocycles. The Morgan fingerprint density at radius 3 is 2.81 bits per heavy atom. The second-order valence-electron chi connectivity index (χ2n) is 8.69. The summed E-state index contributed by atoms with van der Waals surface area (Å²) in [7, 11) is 0. The van der Waals surface area contributed by atoms with Gasteiger partial charge in [0.2, 0.25) is 5.88 Å². The van der Waals surface area contributed by atoms with Crippen LogP contribution in [0.5, 0.6) is 11.6 Å². The number of hydrogen-bond donors (Lipinski definition) is 0. The van der Waals surface area contributed by atoms with E-state index in [2.05, 4.69) is 11.9 Å². The van der Waals surface area contributed by atoms with Crippen molar-refractivity contribution in [3.8, 4) is 11.6 Å². The van der Waals surface area contributed by atoms with Gasteiger partial charge in [0, 0.05) is 42.1 Å². The van der Waals surface area contributed by atoms with Crippen LogP contribution in [0.4, 0.5) is 10.1 Å². The Morgan fingerprint density at radius 1 is 1.26 bits per heavy atom. The molecule has 31 heavy (non-hydrogen) atoms. The molecule has 2 aromatic rings. The van der Waals surface area contributed by atoms with E-state index in [-0.39, 0.29) is 17.1 Å². The van der Waals surface area contributed by atoms with E-state index in [1.807, 2.05) is 0 Å². The number of aromatic nitrogens is 1. The molecule has 8 heteroatoms. The molecule has 2 fully saturated rings. The van der Waals surface area contributed by atoms with E-state index in [4.69, 9.17) is 14.2 Å². The Bertz CT molecular complexity index is 1040. The number of ether oxygens (including phenoxy) is 3. The molecule has 0 N–H and O–H groups in total. The molecule has 0 unspecified atom stereocenters. The molecule has 3 aliphatic rings. The maximum atomic E-state index is 14.4. The van der Waals surface area contributed by atoms with Crippen LogP contribution in [0.25, 0.3) is 0 Å². The van der Waals surface area contributed by atoms with Crippen LogP contribution in [-0.2, 0) is 16.0 Å². The minimum Gasteiger partial charge on any atom is -0.479 e. The molecule has 2 saturated heterocycles. The predicted octanol–water partition coefficient (Wildman–Crippen LogP) is 2.95. The van der Waals surface area contributed by atoms with E-state index in [0.29, 0.717) is 74.1 Å². The highest BCUT2D eigenvalue weighted by Crippen LogP contribution is 2.32. The Kier molecular flexibility index (Phi) is 4.89. The van der Waals surface area contributed by atoms with Crippen molar-refractivity contribution in [2.24, 2.45) is 5.41 Å². The van der Waals surface area contributed by atoms with Gasteiger partial charge in [-0.2, -0.15) is 0 Å². The summed E-state index contributed by atoms with van der Waals surface area (Å²) in [6, 6.07) is 6.37. The summed E-state index contributed by atoms with van der Waals surface area (Å²) < 4.78 is 31.1. The first-order chi connectivity index (χ1) is 14.9. The first-order valence-corrected chi connectivity index (χ1v) is 10.4. The molecule has 162 valence electrons. The standard InChI is InChI=1S/C23H23FN2O5/c1-23(11-29-12-23)13-30-21-5-2-15(10-25-21)31-20-6-7-26(22(20)28)14-8-17-16(18(24)9-14)3-4-19(17)27/h2,5,8-10,20H,3-4,6-7,11-13H2,1H3/t20-/m1/s1. The number of amides is 1. The van der Waals surface area contributed by atoms with E-state index >= 15 is 0 Å². The highest BCUT2D eigenvalue weighted by Gasteiger charge is 2.36. The lowest BCUT2D eigenvalue weighted by Gasteiger charge is -2.37. The smallest absolute Gasteiger partial charge is 0.268 e. The van der Waals surface area contributed by atoms with E-state index in [1.54, 1.807) is 18.2 Å². The summed E-state index contributed by atoms with van der Waals surface area (Å²) in [6.45, 7) is 4.36. The number of anilines is 1. The summed E-state index contributed by atoms with van der Waals surface area (Å²) >= 11 is 0. The highest BCUT2D eigenvalue weighted by molar-refractivity contribution is 6.04. The zero-order valence-corrected chi connectivity index (χ0v) is 17.2. The topological polar surface area (TPSA) is 78.0 Å². The minimum absolute atomic E-state index is 0.0260. The second kappa shape index (κ2) is 7.60. The number of nitrogens with zero attached hydrogens (tertiary/aromatic N) is 2. The predicted molar refractivity (Wildman–Crippen MR) is 109 cm³/mol. The molecule has 5 rings (SSSR count). The molecule has 1 aromatic heterocycles. The molecule has 1 aromatic carbocycles. The number of carbonyl (C=O) groups excluding carboxylic acids is 2. The van der Waals surface area contributed by atoms with Crippen molar-refractivity contribution in [3.63, 3.8) is 0 Å². The van der Waals surface area contributed by atoms with Gasteiger partial charge >= 0.3 is 0 Å². The molecule has 0 radical (unpaired) electrons. The first-order valence-electron chi connectivity index (χ1n) is 10.4. The van der Waals surface area contributed by atoms with Crippen LogP contribution < -0.4 is 14.4 Å². The zero-order chi connectivity index (χ0) is 21.6. The fourth-order valence-corrected chi connectivity index (χ4v) is 4.14. The fourth-order valence-electron chi connectivity index (χ4n) is 4.14. The van der Waals surface area contributed by atoms with Crippen molar-refractivity contribution in [1.82, 2.24) is 4.98 Å². The van der Waals surface area contributed by atoms with Gasteiger partial charge < -0.3 is 19.1 Å². The molecule has 1 amide bonds. The number of pyridine rings is 1. The lowest BCUT2D eigenvalue weighted by Crippen LogP contribution is -2.44. The third-order valence-corrected chi connectivity index (χ3v) is 6.01. The Labute approximate surface area is 179 Å². The van der Waals surface area contributed by atoms with Crippen molar-refractivity contribution in [2.45, 2.75) is 32.3 Å². The average Bonchev–Trinajstić information content (AvgIpc) is 3.29. The van der Waals surface area contributed by atoms with Gasteiger partial charge in [-0.3, -0.25) is 9.59 Å². The van der Waals surface area contributed by atoms with E-state index < -0.39 is 11.9 Å². The number of benzene rings is 1. The summed E-state index contributed by atoms with van der Waals surface area (Å²) in [5.41, 5.74) is 1.26. The Balaban J connectivity index is 1.23. The molecule has 1 aliphatic carbocycles. The van der Waals surface area contributed by atoms with Crippen LogP contribution in [0.2, 0.25) is 0 Å². The van der Waals surface area contributed by atoms with Crippen molar-refractivity contribution >= 4 is 17.4 Å². The second-order valence-corrected chi connectivity index (χ2v) is 8.69. The third kappa shape index (κ3) is 3.76. The number of ketones is 1. The molecular formula is C23H23FN2O5. The molecule has 1 atom stereocenters. The van der Waals surface area contributed by atoms with Gasteiger partial charge in [0.15, 0.2) is 11.9 Å². The fraction of sp³-hybridized carbons (Fsp3) is 0.435. The van der Waals surface area contributed by atoms with Gasteiger partial charge in [0.25, 0.3) is 5.91 Å². The summed E-state index contributed by atoms with van der Waals surface area (Å²) in [6.07, 6.45) is 2.03. The van der Waals surface area contributed by atoms with Gasteiger partial charge in [0.05, 0.1) is 26.0 Å². The molecule has 0 bridgehead atoms. The number of hydrogen-bond acceptors (Lipinski definition) is 6. The van der Waals surface area contributed by atoms with E-state index in [9.17, 15) is 14.0 Å². The van der Waals surface area contributed by atoms with Crippen LogP contribution in [0.15, 0.2) is 30.5 Å². The molecule has 2 aliphatic heterocycles. The SMILES string of the molecule is CC1(COc2ccc(O[C@@H]3CCN(c4cc(F)c5c(c4)C(=O)CC5)C3=O)cn2)COC1. The lowest BCUT2D eigenvalue weighted by molar-refractivity contribution is -0.122.